The largest absolute Gasteiger partial charge is 0.693 e. The normalized spacial score (nSPS) is 8.83. The van der Waals surface area contributed by atoms with Crippen LogP contribution in [0.25, 0.3) is 34.0 Å². The molecule has 6 N–H and O–H groups in total. The zero-order valence-electron chi connectivity index (χ0n) is 16.5. The molecule has 3 rings (SSSR count). The molecule has 1 heterocycles. The number of para-hydroxylation sites is 1. The Labute approximate surface area is 189 Å². The Bertz CT molecular complexity index is 762. The minimum atomic E-state index is -0.722. The smallest absolute Gasteiger partial charge is 0.0708 e. The maximum atomic E-state index is 10.3. The van der Waals surface area contributed by atoms with Gasteiger partial charge >= 0.3 is 34.2 Å². The van der Waals surface area contributed by atoms with Crippen LogP contribution in [-0.2, 0) is 23.6 Å². The molecular weight excluding hydrogens is 573 g/mol. The van der Waals surface area contributed by atoms with E-state index < -0.39 is 11.4 Å². The second kappa shape index (κ2) is 18.5. The van der Waals surface area contributed by atoms with Crippen molar-refractivity contribution in [3.05, 3.63) is 67.0 Å². The Hall–Kier alpha value is -1.56. The standard InChI is InChI=1S/C13H9N.C6H12O2.CH4O.CH4.ClH.2H2N.Pt/c1-2-6-11-10(5-1)9-14-13-8-4-3-7-12(11)13;1-4-6(2,3)5(7)8;1-2;;;;;/h1-9H;4H2,1-3H3,(H,7,8);2H,1H3;1H4;1H;2*1H2;/q;;;;;2*-1;+1/p-1. The first-order valence-electron chi connectivity index (χ1n) is 7.98. The summed E-state index contributed by atoms with van der Waals surface area (Å²) in [5.74, 6) is -0.722. The topological polar surface area (TPSA) is 137 Å². The summed E-state index contributed by atoms with van der Waals surface area (Å²) in [5, 5.41) is 19.1. The molecule has 0 spiro atoms. The fourth-order valence-corrected chi connectivity index (χ4v) is 1.96. The quantitative estimate of drug-likeness (QED) is 0.297. The molecule has 169 valence electrons. The predicted molar refractivity (Wildman–Crippen MR) is 122 cm³/mol. The number of pyridine rings is 1. The van der Waals surface area contributed by atoms with Gasteiger partial charge in [-0.05, 0) is 31.7 Å². The van der Waals surface area contributed by atoms with E-state index in [1.807, 2.05) is 31.3 Å². The predicted octanol–water partition coefficient (Wildman–Crippen LogP) is 7.26. The molecule has 0 fully saturated rings. The molecule has 0 unspecified atom stereocenters. The third-order valence-electron chi connectivity index (χ3n) is 3.96. The fourth-order valence-electron chi connectivity index (χ4n) is 1.96. The number of halogens is 1. The first kappa shape index (κ1) is 34.9. The first-order chi connectivity index (χ1) is 12.5. The summed E-state index contributed by atoms with van der Waals surface area (Å²) in [7, 11) is 5.61. The Morgan fingerprint density at radius 3 is 1.90 bits per heavy atom. The second-order valence-corrected chi connectivity index (χ2v) is 5.91. The van der Waals surface area contributed by atoms with Crippen LogP contribution in [0.5, 0.6) is 0 Å². The van der Waals surface area contributed by atoms with Crippen LogP contribution in [0.15, 0.2) is 54.7 Å². The average Bonchev–Trinajstić information content (AvgIpc) is 2.71. The van der Waals surface area contributed by atoms with Gasteiger partial charge < -0.3 is 22.5 Å². The van der Waals surface area contributed by atoms with Crippen LogP contribution in [0.1, 0.15) is 34.6 Å². The maximum absolute atomic E-state index is 10.3. The van der Waals surface area contributed by atoms with Gasteiger partial charge in [0.15, 0.2) is 0 Å². The van der Waals surface area contributed by atoms with Crippen molar-refractivity contribution in [2.45, 2.75) is 34.6 Å². The molecule has 0 bridgehead atoms. The molecule has 0 aliphatic rings. The van der Waals surface area contributed by atoms with Gasteiger partial charge in [0.25, 0.3) is 0 Å². The summed E-state index contributed by atoms with van der Waals surface area (Å²) in [6, 6.07) is 16.6. The van der Waals surface area contributed by atoms with E-state index in [-0.39, 0.29) is 19.7 Å². The van der Waals surface area contributed by atoms with Gasteiger partial charge in [-0.25, -0.2) is 0 Å². The van der Waals surface area contributed by atoms with Crippen molar-refractivity contribution in [2.24, 2.45) is 5.41 Å². The van der Waals surface area contributed by atoms with Crippen LogP contribution in [-0.4, -0.2) is 28.3 Å². The first-order valence-corrected chi connectivity index (χ1v) is 10.8. The van der Waals surface area contributed by atoms with E-state index in [0.717, 1.165) is 12.6 Å². The van der Waals surface area contributed by atoms with Gasteiger partial charge in [0.05, 0.1) is 10.9 Å². The summed E-state index contributed by atoms with van der Waals surface area (Å²) in [4.78, 5) is 14.7. The Morgan fingerprint density at radius 1 is 1.00 bits per heavy atom. The molecule has 0 saturated heterocycles. The van der Waals surface area contributed by atoms with Crippen molar-refractivity contribution < 1.29 is 33.8 Å². The molecule has 0 aliphatic heterocycles. The number of aliphatic hydroxyl groups excluding tert-OH is 1. The van der Waals surface area contributed by atoms with Gasteiger partial charge in [-0.1, -0.05) is 56.8 Å². The number of aliphatic hydroxyl groups is 1. The molecular formula is C21H33ClN3O3Pt-2. The number of nitrogens with zero attached hydrogens (tertiary/aromatic N) is 1. The van der Waals surface area contributed by atoms with Crippen molar-refractivity contribution in [3.8, 4) is 0 Å². The minimum Gasteiger partial charge on any atom is -0.693 e. The number of rotatable bonds is 2. The number of hydrogen-bond acceptors (Lipinski definition) is 3. The Kier molecular flexibility index (Phi) is 22.2. The number of carbonyl (C=O) groups is 1. The van der Waals surface area contributed by atoms with Crippen molar-refractivity contribution >= 4 is 37.1 Å². The number of carboxylic acids is 1. The van der Waals surface area contributed by atoms with Gasteiger partial charge in [0.2, 0.25) is 0 Å². The molecule has 1 aromatic heterocycles. The van der Waals surface area contributed by atoms with Crippen molar-refractivity contribution in [2.75, 3.05) is 7.11 Å². The van der Waals surface area contributed by atoms with E-state index in [4.69, 9.17) is 10.2 Å². The Balaban J connectivity index is -0.000000184. The average molecular weight is 606 g/mol. The van der Waals surface area contributed by atoms with Crippen LogP contribution in [0.4, 0.5) is 0 Å². The number of hydrogen-bond donors (Lipinski definition) is 2. The van der Waals surface area contributed by atoms with E-state index in [2.05, 4.69) is 44.7 Å². The molecule has 6 nitrogen and oxygen atoms in total. The van der Waals surface area contributed by atoms with Crippen LogP contribution in [0, 0.1) is 5.41 Å². The van der Waals surface area contributed by atoms with Gasteiger partial charge in [-0.3, -0.25) is 9.78 Å². The number of nitrogens with two attached hydrogens (primary N) is 2. The molecule has 0 radical (unpaired) electrons. The molecule has 3 aromatic rings. The number of carboxylic acid groups (broad SMARTS) is 1. The van der Waals surface area contributed by atoms with Crippen molar-refractivity contribution in [1.29, 1.82) is 0 Å². The number of aromatic nitrogens is 1. The summed E-state index contributed by atoms with van der Waals surface area (Å²) in [6.07, 6.45) is 2.61. The Morgan fingerprint density at radius 2 is 1.45 bits per heavy atom. The van der Waals surface area contributed by atoms with E-state index in [9.17, 15) is 4.79 Å². The number of fused-ring (bicyclic) bond motifs is 3. The molecule has 8 heteroatoms. The van der Waals surface area contributed by atoms with Crippen LogP contribution >= 0.6 is 9.42 Å². The fraction of sp³-hybridized carbons (Fsp3) is 0.333. The van der Waals surface area contributed by atoms with Gasteiger partial charge in [-0.15, -0.1) is 0 Å². The third kappa shape index (κ3) is 10.7. The molecule has 0 amide bonds. The summed E-state index contributed by atoms with van der Waals surface area (Å²) < 4.78 is 0. The molecule has 0 saturated carbocycles. The van der Waals surface area contributed by atoms with Crippen molar-refractivity contribution in [1.82, 2.24) is 4.98 Å². The van der Waals surface area contributed by atoms with E-state index in [0.29, 0.717) is 6.42 Å². The SMILES string of the molecule is C.CCC(C)(C)C(=O)O.CO.[Cl][Pt].[NH2-].[NH2-].c1ccc2c(c1)cnc1ccccc12. The van der Waals surface area contributed by atoms with E-state index >= 15 is 0 Å². The molecule has 0 atom stereocenters. The summed E-state index contributed by atoms with van der Waals surface area (Å²) >= 11 is 1.61. The molecule has 0 aliphatic carbocycles. The second-order valence-electron chi connectivity index (χ2n) is 5.91. The molecule has 29 heavy (non-hydrogen) atoms. The summed E-state index contributed by atoms with van der Waals surface area (Å²) in [6.45, 7) is 5.30. The monoisotopic (exact) mass is 605 g/mol. The van der Waals surface area contributed by atoms with E-state index in [1.54, 1.807) is 32.6 Å². The number of aliphatic carboxylic acids is 1. The van der Waals surface area contributed by atoms with Gasteiger partial charge in [0, 0.05) is 24.1 Å². The van der Waals surface area contributed by atoms with Gasteiger partial charge in [0.1, 0.15) is 0 Å². The van der Waals surface area contributed by atoms with Crippen LogP contribution < -0.4 is 0 Å². The van der Waals surface area contributed by atoms with Crippen LogP contribution in [0.3, 0.4) is 0 Å². The molecule has 2 aromatic carbocycles. The zero-order valence-corrected chi connectivity index (χ0v) is 19.5. The summed E-state index contributed by atoms with van der Waals surface area (Å²) in [5.41, 5.74) is 0.520. The van der Waals surface area contributed by atoms with Gasteiger partial charge in [-0.2, -0.15) is 0 Å². The van der Waals surface area contributed by atoms with Crippen molar-refractivity contribution in [3.63, 3.8) is 0 Å². The zero-order chi connectivity index (χ0) is 20.2. The minimum absolute atomic E-state index is 0. The van der Waals surface area contributed by atoms with E-state index in [1.165, 1.54) is 16.2 Å². The van der Waals surface area contributed by atoms with Crippen LogP contribution in [0.2, 0.25) is 0 Å². The third-order valence-corrected chi connectivity index (χ3v) is 3.96. The number of benzene rings is 2. The maximum Gasteiger partial charge on any atom is 0.0708 e.